The SMILES string of the molecule is Cc1cc(OCCCS(=O)(=O)Cl)ccc1Br. The van der Waals surface area contributed by atoms with Crippen molar-refractivity contribution in [2.24, 2.45) is 0 Å². The fraction of sp³-hybridized carbons (Fsp3) is 0.400. The first-order valence-corrected chi connectivity index (χ1v) is 7.97. The normalized spacial score (nSPS) is 11.4. The second-order valence-electron chi connectivity index (χ2n) is 3.36. The van der Waals surface area contributed by atoms with Crippen molar-refractivity contribution in [3.05, 3.63) is 28.2 Å². The smallest absolute Gasteiger partial charge is 0.232 e. The molecule has 0 bridgehead atoms. The van der Waals surface area contributed by atoms with E-state index in [1.54, 1.807) is 0 Å². The van der Waals surface area contributed by atoms with Crippen LogP contribution in [0.3, 0.4) is 0 Å². The van der Waals surface area contributed by atoms with Crippen LogP contribution >= 0.6 is 26.6 Å². The van der Waals surface area contributed by atoms with Crippen molar-refractivity contribution in [2.75, 3.05) is 12.4 Å². The second-order valence-corrected chi connectivity index (χ2v) is 7.11. The number of hydrogen-bond acceptors (Lipinski definition) is 3. The van der Waals surface area contributed by atoms with E-state index < -0.39 is 9.05 Å². The van der Waals surface area contributed by atoms with Crippen LogP contribution in [0.4, 0.5) is 0 Å². The lowest BCUT2D eigenvalue weighted by Crippen LogP contribution is -2.04. The molecule has 0 amide bonds. The number of halogens is 2. The van der Waals surface area contributed by atoms with E-state index in [0.717, 1.165) is 15.8 Å². The zero-order valence-electron chi connectivity index (χ0n) is 8.74. The molecule has 1 aromatic carbocycles. The average molecular weight is 328 g/mol. The highest BCUT2D eigenvalue weighted by Gasteiger charge is 2.04. The zero-order chi connectivity index (χ0) is 12.2. The van der Waals surface area contributed by atoms with Gasteiger partial charge in [0.25, 0.3) is 0 Å². The Kier molecular flexibility index (Phi) is 5.08. The third-order valence-electron chi connectivity index (χ3n) is 1.93. The molecule has 16 heavy (non-hydrogen) atoms. The van der Waals surface area contributed by atoms with Crippen LogP contribution in [0.1, 0.15) is 12.0 Å². The third kappa shape index (κ3) is 5.18. The fourth-order valence-corrected chi connectivity index (χ4v) is 2.16. The van der Waals surface area contributed by atoms with E-state index in [-0.39, 0.29) is 5.75 Å². The lowest BCUT2D eigenvalue weighted by atomic mass is 10.2. The Labute approximate surface area is 108 Å². The van der Waals surface area contributed by atoms with Crippen molar-refractivity contribution < 1.29 is 13.2 Å². The van der Waals surface area contributed by atoms with Crippen molar-refractivity contribution in [1.29, 1.82) is 0 Å². The molecule has 0 aliphatic carbocycles. The summed E-state index contributed by atoms with van der Waals surface area (Å²) < 4.78 is 27.7. The van der Waals surface area contributed by atoms with Gasteiger partial charge in [0.05, 0.1) is 12.4 Å². The van der Waals surface area contributed by atoms with Crippen LogP contribution in [-0.2, 0) is 9.05 Å². The first kappa shape index (κ1) is 13.8. The van der Waals surface area contributed by atoms with Gasteiger partial charge >= 0.3 is 0 Å². The number of rotatable bonds is 5. The van der Waals surface area contributed by atoms with E-state index >= 15 is 0 Å². The van der Waals surface area contributed by atoms with E-state index in [0.29, 0.717) is 13.0 Å². The van der Waals surface area contributed by atoms with E-state index in [1.165, 1.54) is 0 Å². The van der Waals surface area contributed by atoms with E-state index in [9.17, 15) is 8.42 Å². The molecule has 0 saturated carbocycles. The largest absolute Gasteiger partial charge is 0.494 e. The minimum absolute atomic E-state index is 0.0654. The molecule has 1 rings (SSSR count). The molecule has 0 unspecified atom stereocenters. The molecule has 0 aromatic heterocycles. The van der Waals surface area contributed by atoms with Crippen molar-refractivity contribution >= 4 is 35.7 Å². The Balaban J connectivity index is 2.41. The van der Waals surface area contributed by atoms with Crippen LogP contribution in [0.25, 0.3) is 0 Å². The van der Waals surface area contributed by atoms with E-state index in [1.807, 2.05) is 25.1 Å². The van der Waals surface area contributed by atoms with Gasteiger partial charge < -0.3 is 4.74 Å². The summed E-state index contributed by atoms with van der Waals surface area (Å²) in [4.78, 5) is 0. The average Bonchev–Trinajstić information content (AvgIpc) is 2.17. The van der Waals surface area contributed by atoms with Crippen molar-refractivity contribution in [2.45, 2.75) is 13.3 Å². The molecule has 0 aliphatic heterocycles. The van der Waals surface area contributed by atoms with Gasteiger partial charge in [0.2, 0.25) is 9.05 Å². The summed E-state index contributed by atoms with van der Waals surface area (Å²) in [6.45, 7) is 2.30. The zero-order valence-corrected chi connectivity index (χ0v) is 11.9. The highest BCUT2D eigenvalue weighted by molar-refractivity contribution is 9.10. The maximum atomic E-state index is 10.6. The Morgan fingerprint density at radius 3 is 2.69 bits per heavy atom. The van der Waals surface area contributed by atoms with Gasteiger partial charge in [-0.3, -0.25) is 0 Å². The molecule has 0 aliphatic rings. The van der Waals surface area contributed by atoms with Crippen LogP contribution in [0, 0.1) is 6.92 Å². The van der Waals surface area contributed by atoms with Gasteiger partial charge in [-0.05, 0) is 37.1 Å². The van der Waals surface area contributed by atoms with Gasteiger partial charge in [0, 0.05) is 15.2 Å². The van der Waals surface area contributed by atoms with E-state index in [4.69, 9.17) is 15.4 Å². The molecular weight excluding hydrogens is 316 g/mol. The second kappa shape index (κ2) is 5.89. The third-order valence-corrected chi connectivity index (χ3v) is 4.06. The van der Waals surface area contributed by atoms with Gasteiger partial charge in [0.1, 0.15) is 5.75 Å². The van der Waals surface area contributed by atoms with Crippen LogP contribution in [-0.4, -0.2) is 20.8 Å². The van der Waals surface area contributed by atoms with Crippen molar-refractivity contribution in [3.8, 4) is 5.75 Å². The molecule has 0 saturated heterocycles. The minimum Gasteiger partial charge on any atom is -0.494 e. The predicted octanol–water partition coefficient (Wildman–Crippen LogP) is 3.10. The molecular formula is C10H12BrClO3S. The van der Waals surface area contributed by atoms with E-state index in [2.05, 4.69) is 15.9 Å². The number of aryl methyl sites for hydroxylation is 1. The van der Waals surface area contributed by atoms with Gasteiger partial charge in [-0.2, -0.15) is 0 Å². The fourth-order valence-electron chi connectivity index (χ4n) is 1.13. The summed E-state index contributed by atoms with van der Waals surface area (Å²) in [6.07, 6.45) is 0.390. The highest BCUT2D eigenvalue weighted by atomic mass is 79.9. The summed E-state index contributed by atoms with van der Waals surface area (Å²) in [7, 11) is 1.66. The predicted molar refractivity (Wildman–Crippen MR) is 68.6 cm³/mol. The topological polar surface area (TPSA) is 43.4 Å². The minimum atomic E-state index is -3.41. The number of ether oxygens (including phenoxy) is 1. The summed E-state index contributed by atoms with van der Waals surface area (Å²) >= 11 is 3.38. The van der Waals surface area contributed by atoms with Crippen molar-refractivity contribution in [1.82, 2.24) is 0 Å². The molecule has 6 heteroatoms. The van der Waals surface area contributed by atoms with Gasteiger partial charge in [-0.25, -0.2) is 8.42 Å². The highest BCUT2D eigenvalue weighted by Crippen LogP contribution is 2.21. The maximum Gasteiger partial charge on any atom is 0.232 e. The Morgan fingerprint density at radius 2 is 2.12 bits per heavy atom. The first-order valence-electron chi connectivity index (χ1n) is 4.70. The molecule has 0 N–H and O–H groups in total. The van der Waals surface area contributed by atoms with Crippen LogP contribution in [0.5, 0.6) is 5.75 Å². The molecule has 0 radical (unpaired) electrons. The Morgan fingerprint density at radius 1 is 1.44 bits per heavy atom. The molecule has 0 heterocycles. The van der Waals surface area contributed by atoms with Gasteiger partial charge in [-0.1, -0.05) is 15.9 Å². The van der Waals surface area contributed by atoms with Crippen LogP contribution < -0.4 is 4.74 Å². The van der Waals surface area contributed by atoms with Gasteiger partial charge in [0.15, 0.2) is 0 Å². The van der Waals surface area contributed by atoms with Gasteiger partial charge in [-0.15, -0.1) is 0 Å². The molecule has 3 nitrogen and oxygen atoms in total. The summed E-state index contributed by atoms with van der Waals surface area (Å²) in [6, 6.07) is 5.61. The van der Waals surface area contributed by atoms with Crippen LogP contribution in [0.15, 0.2) is 22.7 Å². The van der Waals surface area contributed by atoms with Crippen molar-refractivity contribution in [3.63, 3.8) is 0 Å². The molecule has 0 fully saturated rings. The number of hydrogen-bond donors (Lipinski definition) is 0. The molecule has 0 spiro atoms. The first-order chi connectivity index (χ1) is 7.38. The lowest BCUT2D eigenvalue weighted by Gasteiger charge is -2.06. The Bertz CT molecular complexity index is 459. The standard InChI is InChI=1S/C10H12BrClO3S/c1-8-7-9(3-4-10(8)11)15-5-2-6-16(12,13)14/h3-4,7H,2,5-6H2,1H3. The summed E-state index contributed by atoms with van der Waals surface area (Å²) in [5, 5.41) is 0. The molecule has 1 aromatic rings. The number of benzene rings is 1. The quantitative estimate of drug-likeness (QED) is 0.616. The maximum absolute atomic E-state index is 10.6. The summed E-state index contributed by atoms with van der Waals surface area (Å²) in [5.74, 6) is 0.664. The monoisotopic (exact) mass is 326 g/mol. The lowest BCUT2D eigenvalue weighted by molar-refractivity contribution is 0.317. The summed E-state index contributed by atoms with van der Waals surface area (Å²) in [5.41, 5.74) is 1.07. The Hall–Kier alpha value is -0.260. The molecule has 90 valence electrons. The van der Waals surface area contributed by atoms with Crippen LogP contribution in [0.2, 0.25) is 0 Å². The molecule has 0 atom stereocenters.